The van der Waals surface area contributed by atoms with Gasteiger partial charge in [0.1, 0.15) is 46.0 Å². The van der Waals surface area contributed by atoms with Gasteiger partial charge in [-0.2, -0.15) is 15.8 Å². The Hall–Kier alpha value is -5.23. The van der Waals surface area contributed by atoms with Crippen LogP contribution in [0.2, 0.25) is 0 Å². The minimum Gasteiger partial charge on any atom is -0.397 e. The molecule has 356 valence electrons. The highest BCUT2D eigenvalue weighted by molar-refractivity contribution is 14.1. The lowest BCUT2D eigenvalue weighted by Gasteiger charge is -2.22. The van der Waals surface area contributed by atoms with E-state index in [4.69, 9.17) is 16.3 Å². The van der Waals surface area contributed by atoms with Crippen molar-refractivity contribution in [2.45, 2.75) is 18.9 Å². The lowest BCUT2D eigenvalue weighted by Crippen LogP contribution is -2.42. The average molecular weight is 1310 g/mol. The van der Waals surface area contributed by atoms with Crippen molar-refractivity contribution in [2.24, 2.45) is 0 Å². The Morgan fingerprint density at radius 1 is 0.676 bits per heavy atom. The summed E-state index contributed by atoms with van der Waals surface area (Å²) in [6, 6.07) is 22.5. The predicted octanol–water partition coefficient (Wildman–Crippen LogP) is 9.68. The fraction of sp³-hybridized carbons (Fsp3) is 0.289. The number of carbonyl (C=O) groups is 1. The zero-order valence-corrected chi connectivity index (χ0v) is 48.0. The summed E-state index contributed by atoms with van der Waals surface area (Å²) < 4.78 is 4.27. The maximum Gasteiger partial charge on any atom is 0.251 e. The third kappa shape index (κ3) is 17.7. The number of amides is 1. The normalized spacial score (nSPS) is 12.0. The average Bonchev–Trinajstić information content (AvgIpc) is 4.01. The first-order valence-corrected chi connectivity index (χ1v) is 25.2. The molecule has 6 aromatic heterocycles. The van der Waals surface area contributed by atoms with Crippen molar-refractivity contribution in [3.05, 3.63) is 112 Å². The molecule has 0 aliphatic carbocycles. The van der Waals surface area contributed by atoms with Gasteiger partial charge in [-0.3, -0.25) is 14.6 Å². The molecule has 7 heterocycles. The number of carbonyl (C=O) groups excluding carboxylic acids is 1. The summed E-state index contributed by atoms with van der Waals surface area (Å²) in [5, 5.41) is 29.6. The molecule has 0 bridgehead atoms. The summed E-state index contributed by atoms with van der Waals surface area (Å²) in [7, 11) is 17.1. The fourth-order valence-electron chi connectivity index (χ4n) is 5.66. The SMILES string of the molecule is CN(C)c1ccc(-c2csc(N(C)C(=O)[C@@H]3CCCN3C#N)n2)nc1C#N.CN(C)c1ccc(Br)nc1.CN(C)c1ccc(Br)nc1C#N.CN(C)c1ccc(Br)nc1I.Nc1ccc(Br)nc1. The molecule has 0 unspecified atom stereocenters. The second-order valence-corrected chi connectivity index (χ2v) is 20.0. The molecule has 1 aliphatic heterocycles. The van der Waals surface area contributed by atoms with Gasteiger partial charge in [0, 0.05) is 75.4 Å². The van der Waals surface area contributed by atoms with Crippen molar-refractivity contribution >= 4 is 137 Å². The van der Waals surface area contributed by atoms with E-state index in [0.29, 0.717) is 51.2 Å². The highest BCUT2D eigenvalue weighted by atomic mass is 127. The fourth-order valence-corrected chi connectivity index (χ4v) is 8.80. The van der Waals surface area contributed by atoms with Gasteiger partial charge in [0.05, 0.1) is 46.5 Å². The predicted molar refractivity (Wildman–Crippen MR) is 296 cm³/mol. The number of rotatable bonds is 7. The maximum absolute atomic E-state index is 12.7. The number of nitrogens with two attached hydrogens (primary N) is 1. The van der Waals surface area contributed by atoms with E-state index in [9.17, 15) is 10.1 Å². The number of halogens is 5. The van der Waals surface area contributed by atoms with E-state index >= 15 is 0 Å². The highest BCUT2D eigenvalue weighted by Crippen LogP contribution is 2.30. The molecule has 1 fully saturated rings. The van der Waals surface area contributed by atoms with Gasteiger partial charge in [0.25, 0.3) is 5.91 Å². The molecule has 0 radical (unpaired) electrons. The molecule has 0 saturated carbocycles. The number of nitriles is 3. The van der Waals surface area contributed by atoms with E-state index < -0.39 is 6.04 Å². The summed E-state index contributed by atoms with van der Waals surface area (Å²) in [5.41, 5.74) is 11.8. The van der Waals surface area contributed by atoms with Crippen molar-refractivity contribution < 1.29 is 4.79 Å². The van der Waals surface area contributed by atoms with E-state index in [1.54, 1.807) is 25.4 Å². The molecule has 0 aromatic carbocycles. The van der Waals surface area contributed by atoms with E-state index in [-0.39, 0.29) is 5.91 Å². The maximum atomic E-state index is 12.7. The zero-order valence-electron chi connectivity index (χ0n) is 38.7. The number of pyridine rings is 5. The van der Waals surface area contributed by atoms with Gasteiger partial charge in [-0.25, -0.2) is 29.9 Å². The topological polar surface area (TPSA) is 211 Å². The molecule has 1 atom stereocenters. The van der Waals surface area contributed by atoms with E-state index in [0.717, 1.165) is 46.7 Å². The molecule has 1 amide bonds. The largest absolute Gasteiger partial charge is 0.397 e. The lowest BCUT2D eigenvalue weighted by atomic mass is 10.2. The van der Waals surface area contributed by atoms with Gasteiger partial charge in [-0.05, 0) is 160 Å². The molecule has 2 N–H and O–H groups in total. The third-order valence-corrected chi connectivity index (χ3v) is 12.7. The minimum absolute atomic E-state index is 0.136. The zero-order chi connectivity index (χ0) is 50.7. The molecule has 6 aromatic rings. The molecule has 1 aliphatic rings. The van der Waals surface area contributed by atoms with Crippen LogP contribution in [-0.4, -0.2) is 117 Å². The lowest BCUT2D eigenvalue weighted by molar-refractivity contribution is -0.121. The van der Waals surface area contributed by atoms with Crippen LogP contribution < -0.4 is 30.2 Å². The van der Waals surface area contributed by atoms with Crippen LogP contribution >= 0.6 is 97.6 Å². The van der Waals surface area contributed by atoms with Crippen LogP contribution in [0.3, 0.4) is 0 Å². The van der Waals surface area contributed by atoms with E-state index in [2.05, 4.69) is 128 Å². The molecular weight excluding hydrogens is 1260 g/mol. The Morgan fingerprint density at radius 2 is 1.21 bits per heavy atom. The summed E-state index contributed by atoms with van der Waals surface area (Å²) in [4.78, 5) is 48.6. The number of likely N-dealkylation sites (tertiary alicyclic amines) is 1. The van der Waals surface area contributed by atoms with Gasteiger partial charge >= 0.3 is 0 Å². The smallest absolute Gasteiger partial charge is 0.251 e. The van der Waals surface area contributed by atoms with Gasteiger partial charge in [0.2, 0.25) is 0 Å². The van der Waals surface area contributed by atoms with Crippen molar-refractivity contribution in [1.29, 1.82) is 15.8 Å². The molecular formula is C45H49Br4IN16OS. The first kappa shape index (κ1) is 57.1. The Balaban J connectivity index is 0.000000249. The number of hydrogen-bond donors (Lipinski definition) is 1. The van der Waals surface area contributed by atoms with Crippen molar-refractivity contribution in [1.82, 2.24) is 34.8 Å². The van der Waals surface area contributed by atoms with Crippen LogP contribution in [0.4, 0.5) is 33.6 Å². The first-order valence-electron chi connectivity index (χ1n) is 20.1. The third-order valence-electron chi connectivity index (χ3n) is 9.18. The number of aromatic nitrogens is 6. The quantitative estimate of drug-likeness (QED) is 0.0895. The van der Waals surface area contributed by atoms with Gasteiger partial charge in [-0.1, -0.05) is 0 Å². The van der Waals surface area contributed by atoms with E-state index in [1.165, 1.54) is 21.1 Å². The summed E-state index contributed by atoms with van der Waals surface area (Å²) in [6.45, 7) is 0.614. The van der Waals surface area contributed by atoms with Gasteiger partial charge in [-0.15, -0.1) is 11.3 Å². The summed E-state index contributed by atoms with van der Waals surface area (Å²) >= 11 is 16.5. The monoisotopic (exact) mass is 1300 g/mol. The van der Waals surface area contributed by atoms with Gasteiger partial charge < -0.3 is 25.3 Å². The molecule has 68 heavy (non-hydrogen) atoms. The number of anilines is 6. The van der Waals surface area contributed by atoms with Crippen molar-refractivity contribution in [2.75, 3.05) is 100 Å². The number of hydrogen-bond acceptors (Lipinski definition) is 17. The van der Waals surface area contributed by atoms with Crippen molar-refractivity contribution in [3.63, 3.8) is 0 Å². The number of likely N-dealkylation sites (N-methyl/N-ethyl adjacent to an activating group) is 1. The van der Waals surface area contributed by atoms with Crippen LogP contribution in [-0.2, 0) is 4.79 Å². The number of nitrogen functional groups attached to an aromatic ring is 1. The Morgan fingerprint density at radius 3 is 1.69 bits per heavy atom. The molecule has 23 heteroatoms. The van der Waals surface area contributed by atoms with Crippen LogP contribution in [0.25, 0.3) is 11.4 Å². The van der Waals surface area contributed by atoms with Crippen molar-refractivity contribution in [3.8, 4) is 29.7 Å². The molecule has 0 spiro atoms. The number of nitrogens with zero attached hydrogens (tertiary/aromatic N) is 15. The number of thiazole rings is 1. The first-order chi connectivity index (χ1) is 32.2. The van der Waals surface area contributed by atoms with Crippen LogP contribution in [0.1, 0.15) is 24.2 Å². The van der Waals surface area contributed by atoms with Gasteiger partial charge in [0.15, 0.2) is 22.7 Å². The Bertz CT molecular complexity index is 2680. The highest BCUT2D eigenvalue weighted by Gasteiger charge is 2.33. The molecule has 7 rings (SSSR count). The van der Waals surface area contributed by atoms with Crippen LogP contribution in [0.5, 0.6) is 0 Å². The summed E-state index contributed by atoms with van der Waals surface area (Å²) in [5.74, 6) is -0.136. The molecule has 17 nitrogen and oxygen atoms in total. The second kappa shape index (κ2) is 28.3. The van der Waals surface area contributed by atoms with Crippen LogP contribution in [0, 0.1) is 37.8 Å². The van der Waals surface area contributed by atoms with Crippen LogP contribution in [0.15, 0.2) is 96.9 Å². The minimum atomic E-state index is -0.421. The summed E-state index contributed by atoms with van der Waals surface area (Å²) in [6.07, 6.45) is 7.02. The standard InChI is InChI=1S/C18H19N7OS.C8H8BrN3.C7H8BrIN2.C7H9BrN2.C5H5BrN2/c1-23(2)15-7-6-12(21-13(15)9-19)14-10-27-18(22-14)24(3)17(26)16-5-4-8-25(16)11-20;1-12(2)7-3-4-8(9)11-6(7)5-10;1-11(2)5-3-4-6(8)10-7(5)9;1-10(2)6-3-4-7(8)9-5-6;6-5-2-1-4(7)3-8-5/h6-7,10,16H,4-5,8H2,1-3H3;3-4H,1-2H3;3-4H,1-2H3;3-5H,1-2H3;1-3H,7H2/t16-;;;;/m0..../s1. The Kier molecular flexibility index (Phi) is 23.8. The second-order valence-electron chi connectivity index (χ2n) is 14.9. The van der Waals surface area contributed by atoms with E-state index in [1.807, 2.05) is 142 Å². The molecule has 1 saturated heterocycles. The Labute approximate surface area is 449 Å².